The van der Waals surface area contributed by atoms with Crippen LogP contribution < -0.4 is 10.6 Å². The van der Waals surface area contributed by atoms with E-state index in [1.807, 2.05) is 0 Å². The standard InChI is InChI=1S/C16H19F3N4O3/c1-2-22(10-14(25)23-8-7-20-15(23)26)9-13(24)21-12-6-4-3-5-11(12)16(17,18)19/h3-6H,2,7-10H2,1H3,(H,20,26)(H,21,24). The van der Waals surface area contributed by atoms with Crippen LogP contribution in [0.2, 0.25) is 0 Å². The Morgan fingerprint density at radius 2 is 1.96 bits per heavy atom. The van der Waals surface area contributed by atoms with Gasteiger partial charge in [-0.2, -0.15) is 13.2 Å². The lowest BCUT2D eigenvalue weighted by Crippen LogP contribution is -2.44. The average molecular weight is 372 g/mol. The molecule has 2 rings (SSSR count). The molecule has 26 heavy (non-hydrogen) atoms. The highest BCUT2D eigenvalue weighted by molar-refractivity contribution is 5.97. The van der Waals surface area contributed by atoms with Gasteiger partial charge in [0.2, 0.25) is 11.8 Å². The molecule has 0 unspecified atom stereocenters. The zero-order valence-electron chi connectivity index (χ0n) is 14.1. The molecule has 1 saturated heterocycles. The van der Waals surface area contributed by atoms with Gasteiger partial charge in [0.1, 0.15) is 0 Å². The van der Waals surface area contributed by atoms with Crippen LogP contribution in [0, 0.1) is 0 Å². The third-order valence-corrected chi connectivity index (χ3v) is 3.84. The number of hydrogen-bond donors (Lipinski definition) is 2. The molecule has 0 spiro atoms. The van der Waals surface area contributed by atoms with Gasteiger partial charge in [-0.05, 0) is 18.7 Å². The second kappa shape index (κ2) is 8.17. The highest BCUT2D eigenvalue weighted by atomic mass is 19.4. The molecule has 0 aromatic heterocycles. The molecule has 1 aromatic rings. The molecule has 7 nitrogen and oxygen atoms in total. The van der Waals surface area contributed by atoms with Gasteiger partial charge in [0.05, 0.1) is 24.3 Å². The maximum Gasteiger partial charge on any atom is 0.418 e. The molecule has 2 N–H and O–H groups in total. The molecule has 0 atom stereocenters. The van der Waals surface area contributed by atoms with Crippen LogP contribution in [0.1, 0.15) is 12.5 Å². The summed E-state index contributed by atoms with van der Waals surface area (Å²) in [5.74, 6) is -1.15. The van der Waals surface area contributed by atoms with Crippen LogP contribution in [0.3, 0.4) is 0 Å². The summed E-state index contributed by atoms with van der Waals surface area (Å²) >= 11 is 0. The number of halogens is 3. The van der Waals surface area contributed by atoms with Gasteiger partial charge in [0.25, 0.3) is 0 Å². The van der Waals surface area contributed by atoms with Crippen molar-refractivity contribution in [2.45, 2.75) is 13.1 Å². The van der Waals surface area contributed by atoms with Gasteiger partial charge in [0, 0.05) is 13.1 Å². The van der Waals surface area contributed by atoms with E-state index >= 15 is 0 Å². The number of urea groups is 1. The molecule has 0 radical (unpaired) electrons. The molecule has 1 heterocycles. The highest BCUT2D eigenvalue weighted by Crippen LogP contribution is 2.34. The minimum atomic E-state index is -4.59. The van der Waals surface area contributed by atoms with E-state index in [1.165, 1.54) is 17.0 Å². The number of carbonyl (C=O) groups excluding carboxylic acids is 3. The summed E-state index contributed by atoms with van der Waals surface area (Å²) in [6.07, 6.45) is -4.59. The molecular weight excluding hydrogens is 353 g/mol. The summed E-state index contributed by atoms with van der Waals surface area (Å²) in [5.41, 5.74) is -1.28. The maximum absolute atomic E-state index is 13.0. The van der Waals surface area contributed by atoms with Crippen molar-refractivity contribution in [1.29, 1.82) is 0 Å². The van der Waals surface area contributed by atoms with Crippen LogP contribution in [0.15, 0.2) is 24.3 Å². The summed E-state index contributed by atoms with van der Waals surface area (Å²) < 4.78 is 38.9. The Hall–Kier alpha value is -2.62. The fourth-order valence-corrected chi connectivity index (χ4v) is 2.50. The zero-order valence-corrected chi connectivity index (χ0v) is 14.1. The van der Waals surface area contributed by atoms with Gasteiger partial charge in [-0.15, -0.1) is 0 Å². The Morgan fingerprint density at radius 3 is 2.54 bits per heavy atom. The van der Waals surface area contributed by atoms with Gasteiger partial charge in [-0.1, -0.05) is 19.1 Å². The number of amides is 4. The van der Waals surface area contributed by atoms with Crippen molar-refractivity contribution in [3.63, 3.8) is 0 Å². The van der Waals surface area contributed by atoms with Crippen molar-refractivity contribution in [3.8, 4) is 0 Å². The third kappa shape index (κ3) is 4.94. The predicted octanol–water partition coefficient (Wildman–Crippen LogP) is 1.52. The first-order valence-corrected chi connectivity index (χ1v) is 7.99. The van der Waals surface area contributed by atoms with Crippen LogP contribution in [0.5, 0.6) is 0 Å². The minimum Gasteiger partial charge on any atom is -0.336 e. The average Bonchev–Trinajstić information content (AvgIpc) is 2.99. The fraction of sp³-hybridized carbons (Fsp3) is 0.438. The summed E-state index contributed by atoms with van der Waals surface area (Å²) in [5, 5.41) is 4.73. The Morgan fingerprint density at radius 1 is 1.27 bits per heavy atom. The van der Waals surface area contributed by atoms with Crippen LogP contribution in [-0.4, -0.2) is 60.4 Å². The van der Waals surface area contributed by atoms with Gasteiger partial charge in [-0.25, -0.2) is 4.79 Å². The second-order valence-electron chi connectivity index (χ2n) is 5.67. The summed E-state index contributed by atoms with van der Waals surface area (Å²) in [6.45, 7) is 2.18. The van der Waals surface area contributed by atoms with Crippen LogP contribution >= 0.6 is 0 Å². The number of anilines is 1. The number of nitrogens with one attached hydrogen (secondary N) is 2. The van der Waals surface area contributed by atoms with E-state index in [0.29, 0.717) is 13.1 Å². The number of alkyl halides is 3. The molecule has 1 aliphatic rings. The fourth-order valence-electron chi connectivity index (χ4n) is 2.50. The number of carbonyl (C=O) groups is 3. The predicted molar refractivity (Wildman–Crippen MR) is 87.3 cm³/mol. The maximum atomic E-state index is 13.0. The Labute approximate surface area is 148 Å². The number of para-hydroxylation sites is 1. The van der Waals surface area contributed by atoms with E-state index in [9.17, 15) is 27.6 Å². The number of rotatable bonds is 6. The number of imide groups is 1. The Kier molecular flexibility index (Phi) is 6.19. The largest absolute Gasteiger partial charge is 0.418 e. The van der Waals surface area contributed by atoms with Crippen LogP contribution in [-0.2, 0) is 15.8 Å². The van der Waals surface area contributed by atoms with E-state index in [2.05, 4.69) is 10.6 Å². The van der Waals surface area contributed by atoms with Gasteiger partial charge in [-0.3, -0.25) is 19.4 Å². The first-order chi connectivity index (χ1) is 12.2. The first-order valence-electron chi connectivity index (χ1n) is 7.99. The van der Waals surface area contributed by atoms with E-state index in [-0.39, 0.29) is 25.3 Å². The van der Waals surface area contributed by atoms with Crippen molar-refractivity contribution in [3.05, 3.63) is 29.8 Å². The van der Waals surface area contributed by atoms with Gasteiger partial charge < -0.3 is 10.6 Å². The molecule has 142 valence electrons. The summed E-state index contributed by atoms with van der Waals surface area (Å²) in [6, 6.07) is 4.17. The van der Waals surface area contributed by atoms with E-state index in [1.54, 1.807) is 6.92 Å². The molecule has 10 heteroatoms. The van der Waals surface area contributed by atoms with E-state index in [0.717, 1.165) is 17.0 Å². The van der Waals surface area contributed by atoms with Crippen molar-refractivity contribution in [1.82, 2.24) is 15.1 Å². The molecule has 1 aliphatic heterocycles. The number of likely N-dealkylation sites (N-methyl/N-ethyl adjacent to an activating group) is 1. The lowest BCUT2D eigenvalue weighted by molar-refractivity contribution is -0.137. The lowest BCUT2D eigenvalue weighted by atomic mass is 10.1. The molecular formula is C16H19F3N4O3. The molecule has 1 aromatic carbocycles. The summed E-state index contributed by atoms with van der Waals surface area (Å²) in [4.78, 5) is 38.2. The monoisotopic (exact) mass is 372 g/mol. The Balaban J connectivity index is 1.97. The SMILES string of the molecule is CCN(CC(=O)Nc1ccccc1C(F)(F)F)CC(=O)N1CCNC1=O. The van der Waals surface area contributed by atoms with Gasteiger partial charge >= 0.3 is 12.2 Å². The lowest BCUT2D eigenvalue weighted by Gasteiger charge is -2.22. The van der Waals surface area contributed by atoms with Crippen molar-refractivity contribution < 1.29 is 27.6 Å². The van der Waals surface area contributed by atoms with E-state index < -0.39 is 29.6 Å². The van der Waals surface area contributed by atoms with Crippen molar-refractivity contribution >= 4 is 23.5 Å². The molecule has 0 saturated carbocycles. The van der Waals surface area contributed by atoms with E-state index in [4.69, 9.17) is 0 Å². The molecule has 4 amide bonds. The van der Waals surface area contributed by atoms with Crippen molar-refractivity contribution in [2.24, 2.45) is 0 Å². The number of benzene rings is 1. The smallest absolute Gasteiger partial charge is 0.336 e. The van der Waals surface area contributed by atoms with Gasteiger partial charge in [0.15, 0.2) is 0 Å². The molecule has 0 bridgehead atoms. The number of hydrogen-bond acceptors (Lipinski definition) is 4. The minimum absolute atomic E-state index is 0.182. The zero-order chi connectivity index (χ0) is 19.3. The Bertz CT molecular complexity index is 694. The summed E-state index contributed by atoms with van der Waals surface area (Å²) in [7, 11) is 0. The van der Waals surface area contributed by atoms with Crippen LogP contribution in [0.4, 0.5) is 23.7 Å². The number of nitrogens with zero attached hydrogens (tertiary/aromatic N) is 2. The quantitative estimate of drug-likeness (QED) is 0.793. The normalized spacial score (nSPS) is 14.5. The highest BCUT2D eigenvalue weighted by Gasteiger charge is 2.33. The van der Waals surface area contributed by atoms with Crippen molar-refractivity contribution in [2.75, 3.05) is 38.0 Å². The van der Waals surface area contributed by atoms with Crippen LogP contribution in [0.25, 0.3) is 0 Å². The molecule has 0 aliphatic carbocycles. The second-order valence-corrected chi connectivity index (χ2v) is 5.67. The topological polar surface area (TPSA) is 81.8 Å². The molecule has 1 fully saturated rings. The first kappa shape index (κ1) is 19.7. The third-order valence-electron chi connectivity index (χ3n) is 3.84.